The Kier molecular flexibility index (Phi) is 12.5. The highest BCUT2D eigenvalue weighted by Crippen LogP contribution is 2.40. The molecule has 0 aliphatic carbocycles. The van der Waals surface area contributed by atoms with Gasteiger partial charge in [0, 0.05) is 86.3 Å². The summed E-state index contributed by atoms with van der Waals surface area (Å²) >= 11 is 0. The van der Waals surface area contributed by atoms with Gasteiger partial charge in [0.05, 0.1) is 5.56 Å². The minimum atomic E-state index is -0.676. The number of aliphatic hydroxyl groups excluding tert-OH is 6. The molecule has 0 radical (unpaired) electrons. The topological polar surface area (TPSA) is 148 Å². The van der Waals surface area contributed by atoms with Crippen LogP contribution < -0.4 is 4.74 Å². The molecule has 8 nitrogen and oxygen atoms in total. The summed E-state index contributed by atoms with van der Waals surface area (Å²) in [5, 5.41) is 59.7. The van der Waals surface area contributed by atoms with Crippen LogP contribution in [0.15, 0.2) is 24.3 Å². The molecule has 0 saturated heterocycles. The van der Waals surface area contributed by atoms with Gasteiger partial charge in [-0.15, -0.1) is 0 Å². The zero-order chi connectivity index (χ0) is 29.4. The van der Waals surface area contributed by atoms with Gasteiger partial charge in [-0.2, -0.15) is 0 Å². The van der Waals surface area contributed by atoms with Crippen LogP contribution in [0, 0.1) is 0 Å². The lowest BCUT2D eigenvalue weighted by molar-refractivity contribution is 0.0724. The summed E-state index contributed by atoms with van der Waals surface area (Å²) in [7, 11) is 0. The summed E-state index contributed by atoms with van der Waals surface area (Å²) in [4.78, 5) is 14.0. The molecule has 8 heteroatoms. The lowest BCUT2D eigenvalue weighted by Gasteiger charge is -2.26. The van der Waals surface area contributed by atoms with Gasteiger partial charge >= 0.3 is 5.97 Å². The first-order valence-corrected chi connectivity index (χ1v) is 13.7. The van der Waals surface area contributed by atoms with Gasteiger partial charge in [-0.3, -0.25) is 0 Å². The average Bonchev–Trinajstić information content (AvgIpc) is 2.97. The quantitative estimate of drug-likeness (QED) is 0.156. The van der Waals surface area contributed by atoms with Crippen molar-refractivity contribution in [3.63, 3.8) is 0 Å². The Morgan fingerprint density at radius 2 is 0.821 bits per heavy atom. The smallest absolute Gasteiger partial charge is 0.344 e. The van der Waals surface area contributed by atoms with Crippen molar-refractivity contribution in [3.8, 4) is 5.75 Å². The van der Waals surface area contributed by atoms with Crippen molar-refractivity contribution in [1.82, 2.24) is 0 Å². The van der Waals surface area contributed by atoms with E-state index in [4.69, 9.17) is 4.74 Å². The third-order valence-corrected chi connectivity index (χ3v) is 7.69. The molecule has 2 aromatic carbocycles. The van der Waals surface area contributed by atoms with Crippen LogP contribution in [-0.4, -0.2) is 76.2 Å². The molecule has 0 aliphatic rings. The summed E-state index contributed by atoms with van der Waals surface area (Å²) in [5.74, 6) is -2.52. The van der Waals surface area contributed by atoms with Crippen molar-refractivity contribution in [2.45, 2.75) is 77.0 Å². The van der Waals surface area contributed by atoms with Crippen molar-refractivity contribution in [2.24, 2.45) is 0 Å². The highest BCUT2D eigenvalue weighted by atomic mass is 16.5. The molecule has 2 aromatic rings. The van der Waals surface area contributed by atoms with E-state index in [0.717, 1.165) is 11.1 Å². The monoisotopic (exact) mass is 546 g/mol. The van der Waals surface area contributed by atoms with E-state index < -0.39 is 29.6 Å². The summed E-state index contributed by atoms with van der Waals surface area (Å²) < 4.78 is 6.14. The Hall–Kier alpha value is -2.33. The molecule has 0 spiro atoms. The van der Waals surface area contributed by atoms with E-state index in [1.54, 1.807) is 39.8 Å². The summed E-state index contributed by atoms with van der Waals surface area (Å²) in [6, 6.07) is 7.23. The second kappa shape index (κ2) is 14.9. The molecule has 0 bridgehead atoms. The molecule has 0 aliphatic heterocycles. The Morgan fingerprint density at radius 1 is 0.538 bits per heavy atom. The number of carbonyl (C=O) groups excluding carboxylic acids is 1. The molecule has 2 rings (SSSR count). The zero-order valence-corrected chi connectivity index (χ0v) is 24.0. The number of hydrogen-bond acceptors (Lipinski definition) is 8. The molecule has 0 amide bonds. The minimum absolute atomic E-state index is 0.0948. The van der Waals surface area contributed by atoms with E-state index >= 15 is 0 Å². The van der Waals surface area contributed by atoms with E-state index in [1.807, 2.05) is 26.0 Å². The van der Waals surface area contributed by atoms with Crippen LogP contribution in [0.1, 0.15) is 121 Å². The molecule has 0 saturated carbocycles. The van der Waals surface area contributed by atoms with Gasteiger partial charge in [-0.1, -0.05) is 65.8 Å². The Labute approximate surface area is 231 Å². The molecule has 6 atom stereocenters. The fourth-order valence-corrected chi connectivity index (χ4v) is 4.59. The van der Waals surface area contributed by atoms with E-state index in [9.17, 15) is 35.4 Å². The normalized spacial score (nSPS) is 16.3. The lowest BCUT2D eigenvalue weighted by Crippen LogP contribution is -2.22. The molecular formula is C31H46O8. The van der Waals surface area contributed by atoms with Crippen LogP contribution in [0.4, 0.5) is 0 Å². The Morgan fingerprint density at radius 3 is 1.13 bits per heavy atom. The molecule has 0 aromatic heterocycles. The molecule has 0 heterocycles. The minimum Gasteiger partial charge on any atom is -0.422 e. The van der Waals surface area contributed by atoms with Crippen molar-refractivity contribution >= 4 is 5.97 Å². The number of ether oxygens (including phenoxy) is 1. The number of benzene rings is 2. The van der Waals surface area contributed by atoms with Gasteiger partial charge in [-0.25, -0.2) is 4.79 Å². The number of rotatable bonds is 14. The van der Waals surface area contributed by atoms with Gasteiger partial charge in [-0.05, 0) is 22.3 Å². The number of hydrogen-bond donors (Lipinski definition) is 6. The molecule has 0 fully saturated rings. The van der Waals surface area contributed by atoms with Crippen molar-refractivity contribution < 1.29 is 40.2 Å². The third kappa shape index (κ3) is 7.45. The molecule has 6 unspecified atom stereocenters. The van der Waals surface area contributed by atoms with Crippen LogP contribution in [0.2, 0.25) is 0 Å². The number of carbonyl (C=O) groups is 1. The summed E-state index contributed by atoms with van der Waals surface area (Å²) in [5.41, 5.74) is 4.09. The largest absolute Gasteiger partial charge is 0.422 e. The van der Waals surface area contributed by atoms with Crippen molar-refractivity contribution in [3.05, 3.63) is 63.2 Å². The van der Waals surface area contributed by atoms with Gasteiger partial charge < -0.3 is 35.4 Å². The molecule has 6 N–H and O–H groups in total. The maximum Gasteiger partial charge on any atom is 0.344 e. The fourth-order valence-electron chi connectivity index (χ4n) is 4.59. The van der Waals surface area contributed by atoms with Crippen LogP contribution >= 0.6 is 0 Å². The van der Waals surface area contributed by atoms with Crippen LogP contribution in [0.3, 0.4) is 0 Å². The van der Waals surface area contributed by atoms with Crippen LogP contribution in [0.25, 0.3) is 0 Å². The first-order chi connectivity index (χ1) is 18.5. The summed E-state index contributed by atoms with van der Waals surface area (Å²) in [6.07, 6.45) is 0. The van der Waals surface area contributed by atoms with Gasteiger partial charge in [0.1, 0.15) is 5.75 Å². The van der Waals surface area contributed by atoms with E-state index in [2.05, 4.69) is 0 Å². The predicted molar refractivity (Wildman–Crippen MR) is 151 cm³/mol. The standard InChI is InChI=1S/C31H46O8/c1-17(11-32)23-7-25(19(3)13-34)29(26(8-23)20(4)14-35)31(38)39-30-27(21(5)15-36)9-24(18(2)12-33)10-28(30)22(6)16-37/h7-10,17-22,32-37H,11-16H2,1-6H3. The molecular weight excluding hydrogens is 500 g/mol. The van der Waals surface area contributed by atoms with Crippen LogP contribution in [0.5, 0.6) is 5.75 Å². The van der Waals surface area contributed by atoms with Crippen LogP contribution in [-0.2, 0) is 0 Å². The second-order valence-corrected chi connectivity index (χ2v) is 11.0. The predicted octanol–water partition coefficient (Wildman–Crippen LogP) is 3.48. The average molecular weight is 547 g/mol. The maximum absolute atomic E-state index is 14.0. The second-order valence-electron chi connectivity index (χ2n) is 11.0. The van der Waals surface area contributed by atoms with E-state index in [1.165, 1.54) is 0 Å². The third-order valence-electron chi connectivity index (χ3n) is 7.69. The fraction of sp³-hybridized carbons (Fsp3) is 0.581. The van der Waals surface area contributed by atoms with Crippen molar-refractivity contribution in [2.75, 3.05) is 39.6 Å². The van der Waals surface area contributed by atoms with E-state index in [-0.39, 0.29) is 62.8 Å². The zero-order valence-electron chi connectivity index (χ0n) is 24.0. The highest BCUT2D eigenvalue weighted by molar-refractivity contribution is 5.95. The van der Waals surface area contributed by atoms with Crippen molar-refractivity contribution in [1.29, 1.82) is 0 Å². The van der Waals surface area contributed by atoms with Gasteiger partial charge in [0.15, 0.2) is 0 Å². The number of esters is 1. The number of aliphatic hydroxyl groups is 6. The van der Waals surface area contributed by atoms with E-state index in [0.29, 0.717) is 22.3 Å². The first kappa shape index (κ1) is 32.9. The lowest BCUT2D eigenvalue weighted by atomic mass is 9.83. The Balaban J connectivity index is 2.85. The highest BCUT2D eigenvalue weighted by Gasteiger charge is 2.29. The maximum atomic E-state index is 14.0. The molecule has 39 heavy (non-hydrogen) atoms. The molecule has 218 valence electrons. The first-order valence-electron chi connectivity index (χ1n) is 13.7. The Bertz CT molecular complexity index is 1040. The van der Waals surface area contributed by atoms with Gasteiger partial charge in [0.2, 0.25) is 0 Å². The SMILES string of the molecule is CC(CO)c1cc(C(C)CO)c(OC(=O)c2c(C(C)CO)cc(C(C)CO)cc2C(C)CO)c(C(C)CO)c1. The van der Waals surface area contributed by atoms with Gasteiger partial charge in [0.25, 0.3) is 0 Å². The summed E-state index contributed by atoms with van der Waals surface area (Å²) in [6.45, 7) is 9.84.